The monoisotopic (exact) mass is 451 g/mol. The van der Waals surface area contributed by atoms with Crippen LogP contribution in [0.5, 0.6) is 11.8 Å². The Hall–Kier alpha value is -2.99. The minimum atomic E-state index is -0.423. The molecule has 33 heavy (non-hydrogen) atoms. The molecule has 2 heterocycles. The zero-order valence-corrected chi connectivity index (χ0v) is 20.2. The first kappa shape index (κ1) is 24.6. The molecule has 1 aromatic carbocycles. The number of ether oxygens (including phenoxy) is 3. The summed E-state index contributed by atoms with van der Waals surface area (Å²) in [6.07, 6.45) is 2.62. The highest BCUT2D eigenvalue weighted by Crippen LogP contribution is 2.41. The fourth-order valence-electron chi connectivity index (χ4n) is 3.82. The van der Waals surface area contributed by atoms with Crippen molar-refractivity contribution in [2.75, 3.05) is 14.2 Å². The minimum absolute atomic E-state index is 0.141. The maximum absolute atomic E-state index is 14.8. The SMILES string of the molecule is [CH2][C@@H](C)c1ccnc(OCc2ccc(-c3cc(OC)ncc3F)c([C@@H](OC)C(C)(C)C)c2)c1. The predicted molar refractivity (Wildman–Crippen MR) is 128 cm³/mol. The first-order valence-electron chi connectivity index (χ1n) is 10.9. The standard InChI is InChI=1S/C27H32FN2O3/c1-17(2)19-10-11-29-25(13-19)33-16-18-8-9-20(21-14-24(31-6)30-15-23(21)28)22(12-18)26(32-7)27(3,4)5/h8-15,17,26H,1,16H2,2-7H3/t17-,26+/m0/s1. The van der Waals surface area contributed by atoms with Gasteiger partial charge in [0.15, 0.2) is 0 Å². The Kier molecular flexibility index (Phi) is 7.69. The van der Waals surface area contributed by atoms with Crippen molar-refractivity contribution in [3.05, 3.63) is 78.2 Å². The number of pyridine rings is 2. The number of nitrogens with zero attached hydrogens (tertiary/aromatic N) is 2. The third-order valence-electron chi connectivity index (χ3n) is 5.46. The van der Waals surface area contributed by atoms with Crippen LogP contribution in [0.4, 0.5) is 4.39 Å². The lowest BCUT2D eigenvalue weighted by Gasteiger charge is -2.32. The van der Waals surface area contributed by atoms with Gasteiger partial charge in [0, 0.05) is 31.0 Å². The highest BCUT2D eigenvalue weighted by molar-refractivity contribution is 5.70. The molecule has 3 rings (SSSR count). The van der Waals surface area contributed by atoms with Crippen molar-refractivity contribution in [3.63, 3.8) is 0 Å². The molecule has 5 nitrogen and oxygen atoms in total. The maximum Gasteiger partial charge on any atom is 0.213 e. The largest absolute Gasteiger partial charge is 0.481 e. The molecule has 175 valence electrons. The Morgan fingerprint density at radius 2 is 1.76 bits per heavy atom. The molecule has 1 radical (unpaired) electrons. The number of hydrogen-bond acceptors (Lipinski definition) is 5. The summed E-state index contributed by atoms with van der Waals surface area (Å²) in [5.74, 6) is 0.605. The van der Waals surface area contributed by atoms with Crippen LogP contribution < -0.4 is 9.47 Å². The summed E-state index contributed by atoms with van der Waals surface area (Å²) in [6, 6.07) is 11.3. The van der Waals surface area contributed by atoms with Gasteiger partial charge in [0.2, 0.25) is 11.8 Å². The second kappa shape index (κ2) is 10.3. The number of methoxy groups -OCH3 is 2. The third-order valence-corrected chi connectivity index (χ3v) is 5.46. The average Bonchev–Trinajstić information content (AvgIpc) is 2.78. The fourth-order valence-corrected chi connectivity index (χ4v) is 3.82. The summed E-state index contributed by atoms with van der Waals surface area (Å²) in [5, 5.41) is 0. The molecule has 0 aliphatic rings. The Bertz CT molecular complexity index is 1090. The predicted octanol–water partition coefficient (Wildman–Crippen LogP) is 6.54. The zero-order valence-electron chi connectivity index (χ0n) is 20.2. The van der Waals surface area contributed by atoms with Crippen molar-refractivity contribution in [1.82, 2.24) is 9.97 Å². The highest BCUT2D eigenvalue weighted by atomic mass is 19.1. The third kappa shape index (κ3) is 5.88. The first-order valence-corrected chi connectivity index (χ1v) is 10.9. The lowest BCUT2D eigenvalue weighted by Crippen LogP contribution is -2.21. The Labute approximate surface area is 196 Å². The smallest absolute Gasteiger partial charge is 0.213 e. The van der Waals surface area contributed by atoms with Crippen molar-refractivity contribution in [2.24, 2.45) is 5.41 Å². The van der Waals surface area contributed by atoms with Gasteiger partial charge in [0.1, 0.15) is 12.4 Å². The second-order valence-electron chi connectivity index (χ2n) is 9.23. The van der Waals surface area contributed by atoms with Crippen LogP contribution in [0, 0.1) is 18.2 Å². The number of halogens is 1. The van der Waals surface area contributed by atoms with E-state index < -0.39 is 5.82 Å². The van der Waals surface area contributed by atoms with Gasteiger partial charge in [-0.3, -0.25) is 0 Å². The number of hydrogen-bond donors (Lipinski definition) is 0. The lowest BCUT2D eigenvalue weighted by molar-refractivity contribution is 0.0155. The van der Waals surface area contributed by atoms with Gasteiger partial charge in [-0.1, -0.05) is 39.8 Å². The fraction of sp³-hybridized carbons (Fsp3) is 0.370. The van der Waals surface area contributed by atoms with E-state index in [0.717, 1.165) is 22.3 Å². The molecule has 6 heteroatoms. The van der Waals surface area contributed by atoms with E-state index in [1.165, 1.54) is 13.3 Å². The summed E-state index contributed by atoms with van der Waals surface area (Å²) in [5.41, 5.74) is 3.77. The molecule has 2 atom stereocenters. The minimum Gasteiger partial charge on any atom is -0.481 e. The normalized spacial score (nSPS) is 12.6. The first-order chi connectivity index (χ1) is 15.6. The number of benzene rings is 1. The molecule has 0 unspecified atom stereocenters. The number of rotatable bonds is 8. The summed E-state index contributed by atoms with van der Waals surface area (Å²) in [4.78, 5) is 8.27. The molecule has 0 N–H and O–H groups in total. The van der Waals surface area contributed by atoms with Gasteiger partial charge in [0.25, 0.3) is 0 Å². The van der Waals surface area contributed by atoms with Crippen molar-refractivity contribution < 1.29 is 18.6 Å². The van der Waals surface area contributed by atoms with Crippen LogP contribution in [0.2, 0.25) is 0 Å². The molecule has 0 bridgehead atoms. The number of aromatic nitrogens is 2. The molecule has 0 aliphatic carbocycles. The molecule has 0 saturated heterocycles. The Balaban J connectivity index is 2.01. The molecule has 2 aromatic heterocycles. The van der Waals surface area contributed by atoms with Crippen LogP contribution in [0.15, 0.2) is 48.8 Å². The van der Waals surface area contributed by atoms with Crippen LogP contribution in [-0.4, -0.2) is 24.2 Å². The molecule has 0 spiro atoms. The quantitative estimate of drug-likeness (QED) is 0.389. The van der Waals surface area contributed by atoms with Gasteiger partial charge < -0.3 is 14.2 Å². The summed E-state index contributed by atoms with van der Waals surface area (Å²) >= 11 is 0. The van der Waals surface area contributed by atoms with E-state index in [-0.39, 0.29) is 17.4 Å². The topological polar surface area (TPSA) is 53.5 Å². The second-order valence-corrected chi connectivity index (χ2v) is 9.23. The molecule has 0 fully saturated rings. The van der Waals surface area contributed by atoms with Crippen LogP contribution in [0.1, 0.15) is 56.4 Å². The molecular weight excluding hydrogens is 419 g/mol. The Morgan fingerprint density at radius 1 is 1.00 bits per heavy atom. The van der Waals surface area contributed by atoms with Crippen LogP contribution in [0.25, 0.3) is 11.1 Å². The van der Waals surface area contributed by atoms with Gasteiger partial charge in [-0.05, 0) is 52.6 Å². The van der Waals surface area contributed by atoms with Gasteiger partial charge >= 0.3 is 0 Å². The van der Waals surface area contributed by atoms with Crippen molar-refractivity contribution in [1.29, 1.82) is 0 Å². The van der Waals surface area contributed by atoms with E-state index in [0.29, 0.717) is 23.9 Å². The van der Waals surface area contributed by atoms with Crippen molar-refractivity contribution >= 4 is 0 Å². The summed E-state index contributed by atoms with van der Waals surface area (Å²) in [6.45, 7) is 12.7. The van der Waals surface area contributed by atoms with E-state index in [2.05, 4.69) is 37.7 Å². The van der Waals surface area contributed by atoms with Crippen molar-refractivity contribution in [2.45, 2.75) is 46.3 Å². The van der Waals surface area contributed by atoms with E-state index in [1.54, 1.807) is 19.4 Å². The molecular formula is C27H32FN2O3. The van der Waals surface area contributed by atoms with Gasteiger partial charge in [-0.2, -0.15) is 0 Å². The van der Waals surface area contributed by atoms with Crippen molar-refractivity contribution in [3.8, 4) is 22.9 Å². The van der Waals surface area contributed by atoms with Gasteiger partial charge in [0.05, 0.1) is 19.4 Å². The summed E-state index contributed by atoms with van der Waals surface area (Å²) in [7, 11) is 3.18. The van der Waals surface area contributed by atoms with Crippen LogP contribution >= 0.6 is 0 Å². The van der Waals surface area contributed by atoms with Crippen LogP contribution in [0.3, 0.4) is 0 Å². The molecule has 0 amide bonds. The molecule has 0 saturated carbocycles. The molecule has 3 aromatic rings. The van der Waals surface area contributed by atoms with E-state index in [4.69, 9.17) is 14.2 Å². The van der Waals surface area contributed by atoms with E-state index in [9.17, 15) is 4.39 Å². The summed E-state index contributed by atoms with van der Waals surface area (Å²) < 4.78 is 31.9. The average molecular weight is 452 g/mol. The van der Waals surface area contributed by atoms with Gasteiger partial charge in [-0.15, -0.1) is 0 Å². The van der Waals surface area contributed by atoms with E-state index >= 15 is 0 Å². The Morgan fingerprint density at radius 3 is 2.39 bits per heavy atom. The van der Waals surface area contributed by atoms with E-state index in [1.807, 2.05) is 37.3 Å². The zero-order chi connectivity index (χ0) is 24.2. The highest BCUT2D eigenvalue weighted by Gasteiger charge is 2.29. The molecule has 0 aliphatic heterocycles. The maximum atomic E-state index is 14.8. The van der Waals surface area contributed by atoms with Crippen LogP contribution in [-0.2, 0) is 11.3 Å². The van der Waals surface area contributed by atoms with Gasteiger partial charge in [-0.25, -0.2) is 14.4 Å². The lowest BCUT2D eigenvalue weighted by atomic mass is 9.81.